The van der Waals surface area contributed by atoms with Crippen molar-refractivity contribution < 1.29 is 0 Å². The lowest BCUT2D eigenvalue weighted by Gasteiger charge is -2.09. The average Bonchev–Trinajstić information content (AvgIpc) is 2.56. The Balaban J connectivity index is 1.94. The van der Waals surface area contributed by atoms with Crippen molar-refractivity contribution in [3.8, 4) is 0 Å². The Morgan fingerprint density at radius 3 is 3.00 bits per heavy atom. The van der Waals surface area contributed by atoms with E-state index < -0.39 is 0 Å². The molecule has 0 N–H and O–H groups in total. The monoisotopic (exact) mass is 210 g/mol. The van der Waals surface area contributed by atoms with E-state index >= 15 is 0 Å². The van der Waals surface area contributed by atoms with E-state index in [1.54, 1.807) is 0 Å². The highest BCUT2D eigenvalue weighted by Gasteiger charge is 2.19. The van der Waals surface area contributed by atoms with Crippen LogP contribution in [0.15, 0.2) is 18.3 Å². The van der Waals surface area contributed by atoms with Crippen LogP contribution in [0.5, 0.6) is 0 Å². The van der Waals surface area contributed by atoms with Crippen molar-refractivity contribution in [2.24, 2.45) is 5.92 Å². The molecule has 3 heteroatoms. The molecule has 0 aliphatic carbocycles. The molecule has 1 aromatic heterocycles. The molecule has 1 saturated heterocycles. The van der Waals surface area contributed by atoms with Crippen LogP contribution in [-0.2, 0) is 6.42 Å². The number of pyridine rings is 1. The van der Waals surface area contributed by atoms with E-state index in [0.717, 1.165) is 12.3 Å². The second kappa shape index (κ2) is 4.28. The molecule has 1 aromatic rings. The molecule has 76 valence electrons. The lowest BCUT2D eigenvalue weighted by atomic mass is 10.0. The molecule has 0 saturated carbocycles. The number of rotatable bonds is 2. The van der Waals surface area contributed by atoms with Crippen molar-refractivity contribution in [3.63, 3.8) is 0 Å². The molecular weight excluding hydrogens is 196 g/mol. The molecule has 1 unspecified atom stereocenters. The lowest BCUT2D eigenvalue weighted by Crippen LogP contribution is -2.14. The molecule has 0 amide bonds. The van der Waals surface area contributed by atoms with Gasteiger partial charge in [-0.2, -0.15) is 0 Å². The van der Waals surface area contributed by atoms with Crippen LogP contribution in [-0.4, -0.2) is 30.0 Å². The van der Waals surface area contributed by atoms with Crippen LogP contribution in [0.1, 0.15) is 12.0 Å². The maximum atomic E-state index is 5.73. The first-order valence-electron chi connectivity index (χ1n) is 5.03. The minimum atomic E-state index is 0.581. The molecule has 1 fully saturated rings. The van der Waals surface area contributed by atoms with E-state index in [-0.39, 0.29) is 0 Å². The van der Waals surface area contributed by atoms with Crippen LogP contribution < -0.4 is 0 Å². The first kappa shape index (κ1) is 9.94. The molecule has 14 heavy (non-hydrogen) atoms. The number of halogens is 1. The van der Waals surface area contributed by atoms with E-state index in [9.17, 15) is 0 Å². The topological polar surface area (TPSA) is 16.1 Å². The fraction of sp³-hybridized carbons (Fsp3) is 0.545. The van der Waals surface area contributed by atoms with Crippen molar-refractivity contribution in [1.29, 1.82) is 0 Å². The van der Waals surface area contributed by atoms with Gasteiger partial charge in [-0.3, -0.25) is 0 Å². The van der Waals surface area contributed by atoms with Gasteiger partial charge in [-0.25, -0.2) is 4.98 Å². The quantitative estimate of drug-likeness (QED) is 0.696. The zero-order valence-corrected chi connectivity index (χ0v) is 9.17. The van der Waals surface area contributed by atoms with Crippen molar-refractivity contribution in [2.75, 3.05) is 20.1 Å². The van der Waals surface area contributed by atoms with Gasteiger partial charge >= 0.3 is 0 Å². The van der Waals surface area contributed by atoms with Crippen LogP contribution >= 0.6 is 11.6 Å². The SMILES string of the molecule is CN1CCC(Cc2ccc(Cl)nc2)C1. The highest BCUT2D eigenvalue weighted by Crippen LogP contribution is 2.19. The van der Waals surface area contributed by atoms with Crippen LogP contribution in [0.4, 0.5) is 0 Å². The molecule has 0 spiro atoms. The molecule has 0 radical (unpaired) electrons. The van der Waals surface area contributed by atoms with Gasteiger partial charge in [0.25, 0.3) is 0 Å². The Morgan fingerprint density at radius 1 is 1.57 bits per heavy atom. The molecule has 2 rings (SSSR count). The van der Waals surface area contributed by atoms with Gasteiger partial charge in [0.05, 0.1) is 0 Å². The zero-order valence-electron chi connectivity index (χ0n) is 8.41. The van der Waals surface area contributed by atoms with Crippen LogP contribution in [0.25, 0.3) is 0 Å². The molecule has 0 aromatic carbocycles. The number of nitrogens with zero attached hydrogens (tertiary/aromatic N) is 2. The van der Waals surface area contributed by atoms with E-state index in [4.69, 9.17) is 11.6 Å². The predicted octanol–water partition coefficient (Wildman–Crippen LogP) is 2.23. The molecule has 1 aliphatic heterocycles. The predicted molar refractivity (Wildman–Crippen MR) is 58.6 cm³/mol. The number of aromatic nitrogens is 1. The number of hydrogen-bond acceptors (Lipinski definition) is 2. The minimum absolute atomic E-state index is 0.581. The summed E-state index contributed by atoms with van der Waals surface area (Å²) < 4.78 is 0. The molecule has 1 aliphatic rings. The fourth-order valence-electron chi connectivity index (χ4n) is 2.05. The summed E-state index contributed by atoms with van der Waals surface area (Å²) in [4.78, 5) is 6.47. The van der Waals surface area contributed by atoms with E-state index in [1.807, 2.05) is 12.3 Å². The van der Waals surface area contributed by atoms with Gasteiger partial charge in [0, 0.05) is 12.7 Å². The first-order valence-corrected chi connectivity index (χ1v) is 5.41. The summed E-state index contributed by atoms with van der Waals surface area (Å²) in [6.45, 7) is 2.44. The van der Waals surface area contributed by atoms with Gasteiger partial charge < -0.3 is 4.90 Å². The Labute approximate surface area is 89.9 Å². The van der Waals surface area contributed by atoms with Crippen molar-refractivity contribution in [3.05, 3.63) is 29.0 Å². The number of hydrogen-bond donors (Lipinski definition) is 0. The van der Waals surface area contributed by atoms with E-state index in [2.05, 4.69) is 23.0 Å². The summed E-state index contributed by atoms with van der Waals surface area (Å²) >= 11 is 5.73. The maximum Gasteiger partial charge on any atom is 0.129 e. The Morgan fingerprint density at radius 2 is 2.43 bits per heavy atom. The number of likely N-dealkylation sites (tertiary alicyclic amines) is 1. The largest absolute Gasteiger partial charge is 0.306 e. The first-order chi connectivity index (χ1) is 6.74. The molecule has 2 nitrogen and oxygen atoms in total. The highest BCUT2D eigenvalue weighted by atomic mass is 35.5. The zero-order chi connectivity index (χ0) is 9.97. The van der Waals surface area contributed by atoms with Crippen molar-refractivity contribution in [2.45, 2.75) is 12.8 Å². The Bertz CT molecular complexity index is 297. The van der Waals surface area contributed by atoms with Gasteiger partial charge in [0.2, 0.25) is 0 Å². The van der Waals surface area contributed by atoms with Gasteiger partial charge in [-0.05, 0) is 44.0 Å². The normalized spacial score (nSPS) is 22.9. The van der Waals surface area contributed by atoms with Crippen LogP contribution in [0.2, 0.25) is 5.15 Å². The van der Waals surface area contributed by atoms with Gasteiger partial charge in [0.1, 0.15) is 5.15 Å². The molecule has 2 heterocycles. The second-order valence-corrected chi connectivity index (χ2v) is 4.50. The molecular formula is C11H15ClN2. The maximum absolute atomic E-state index is 5.73. The van der Waals surface area contributed by atoms with Crippen molar-refractivity contribution >= 4 is 11.6 Å². The third-order valence-corrected chi connectivity index (χ3v) is 3.03. The summed E-state index contributed by atoms with van der Waals surface area (Å²) in [5.74, 6) is 0.794. The summed E-state index contributed by atoms with van der Waals surface area (Å²) in [6, 6.07) is 3.95. The van der Waals surface area contributed by atoms with Crippen molar-refractivity contribution in [1.82, 2.24) is 9.88 Å². The summed E-state index contributed by atoms with van der Waals surface area (Å²) in [5.41, 5.74) is 1.30. The van der Waals surface area contributed by atoms with Gasteiger partial charge in [-0.15, -0.1) is 0 Å². The summed E-state index contributed by atoms with van der Waals surface area (Å²) in [6.07, 6.45) is 4.33. The fourth-order valence-corrected chi connectivity index (χ4v) is 2.17. The highest BCUT2D eigenvalue weighted by molar-refractivity contribution is 6.29. The third-order valence-electron chi connectivity index (χ3n) is 2.80. The standard InChI is InChI=1S/C11H15ClN2/c1-14-5-4-10(8-14)6-9-2-3-11(12)13-7-9/h2-3,7,10H,4-6,8H2,1H3. The molecule has 0 bridgehead atoms. The second-order valence-electron chi connectivity index (χ2n) is 4.11. The van der Waals surface area contributed by atoms with Crippen LogP contribution in [0.3, 0.4) is 0 Å². The Hall–Kier alpha value is -0.600. The minimum Gasteiger partial charge on any atom is -0.306 e. The Kier molecular flexibility index (Phi) is 3.04. The summed E-state index contributed by atoms with van der Waals surface area (Å²) in [5, 5.41) is 0.581. The van der Waals surface area contributed by atoms with E-state index in [0.29, 0.717) is 5.15 Å². The summed E-state index contributed by atoms with van der Waals surface area (Å²) in [7, 11) is 2.18. The van der Waals surface area contributed by atoms with Gasteiger partial charge in [0.15, 0.2) is 0 Å². The van der Waals surface area contributed by atoms with Crippen LogP contribution in [0, 0.1) is 5.92 Å². The van der Waals surface area contributed by atoms with Gasteiger partial charge in [-0.1, -0.05) is 17.7 Å². The average molecular weight is 211 g/mol. The lowest BCUT2D eigenvalue weighted by molar-refractivity contribution is 0.394. The third kappa shape index (κ3) is 2.46. The smallest absolute Gasteiger partial charge is 0.129 e. The molecule has 1 atom stereocenters. The van der Waals surface area contributed by atoms with E-state index in [1.165, 1.54) is 25.1 Å².